The molecule has 1 aromatic rings. The Bertz CT molecular complexity index is 344. The van der Waals surface area contributed by atoms with Crippen LogP contribution in [-0.4, -0.2) is 33.3 Å². The van der Waals surface area contributed by atoms with Crippen molar-refractivity contribution in [3.05, 3.63) is 12.2 Å². The molecule has 1 aliphatic rings. The third-order valence-corrected chi connectivity index (χ3v) is 2.16. The first-order chi connectivity index (χ1) is 7.24. The summed E-state index contributed by atoms with van der Waals surface area (Å²) in [6.07, 6.45) is 3.88. The number of hydrogen-bond donors (Lipinski definition) is 2. The number of hydrogen-bond acceptors (Lipinski definition) is 4. The van der Waals surface area contributed by atoms with Gasteiger partial charge in [0.25, 0.3) is 0 Å². The van der Waals surface area contributed by atoms with Gasteiger partial charge in [-0.2, -0.15) is 5.10 Å². The summed E-state index contributed by atoms with van der Waals surface area (Å²) in [7, 11) is 1.82. The first-order valence-electron chi connectivity index (χ1n) is 5.08. The van der Waals surface area contributed by atoms with Crippen LogP contribution in [0.2, 0.25) is 0 Å². The van der Waals surface area contributed by atoms with Gasteiger partial charge in [-0.3, -0.25) is 9.48 Å². The number of aromatic nitrogens is 3. The van der Waals surface area contributed by atoms with Gasteiger partial charge >= 0.3 is 0 Å². The first-order valence-corrected chi connectivity index (χ1v) is 5.08. The monoisotopic (exact) mass is 209 g/mol. The van der Waals surface area contributed by atoms with E-state index in [0.717, 1.165) is 12.8 Å². The fraction of sp³-hybridized carbons (Fsp3) is 0.667. The second-order valence-electron chi connectivity index (χ2n) is 3.78. The zero-order chi connectivity index (χ0) is 10.7. The molecule has 1 amide bonds. The summed E-state index contributed by atoms with van der Waals surface area (Å²) < 4.78 is 1.64. The van der Waals surface area contributed by atoms with Gasteiger partial charge in [-0.1, -0.05) is 0 Å². The van der Waals surface area contributed by atoms with Crippen molar-refractivity contribution in [2.75, 3.05) is 6.54 Å². The zero-order valence-electron chi connectivity index (χ0n) is 8.73. The van der Waals surface area contributed by atoms with Crippen molar-refractivity contribution in [3.8, 4) is 0 Å². The molecule has 6 nitrogen and oxygen atoms in total. The predicted molar refractivity (Wildman–Crippen MR) is 53.9 cm³/mol. The molecule has 6 heteroatoms. The van der Waals surface area contributed by atoms with Gasteiger partial charge in [0.1, 0.15) is 6.33 Å². The molecule has 2 rings (SSSR count). The lowest BCUT2D eigenvalue weighted by atomic mass is 10.5. The molecule has 15 heavy (non-hydrogen) atoms. The minimum Gasteiger partial charge on any atom is -0.352 e. The average molecular weight is 209 g/mol. The van der Waals surface area contributed by atoms with E-state index in [1.165, 1.54) is 0 Å². The fourth-order valence-corrected chi connectivity index (χ4v) is 1.26. The molecule has 82 valence electrons. The van der Waals surface area contributed by atoms with E-state index in [2.05, 4.69) is 20.7 Å². The number of nitrogens with one attached hydrogen (secondary N) is 2. The van der Waals surface area contributed by atoms with Gasteiger partial charge in [-0.25, -0.2) is 4.98 Å². The molecule has 0 aromatic carbocycles. The van der Waals surface area contributed by atoms with Crippen LogP contribution in [0.5, 0.6) is 0 Å². The Labute approximate surface area is 88.1 Å². The molecule has 1 saturated carbocycles. The molecule has 2 N–H and O–H groups in total. The topological polar surface area (TPSA) is 71.8 Å². The van der Waals surface area contributed by atoms with Gasteiger partial charge in [-0.15, -0.1) is 0 Å². The van der Waals surface area contributed by atoms with Crippen molar-refractivity contribution < 1.29 is 4.79 Å². The van der Waals surface area contributed by atoms with Gasteiger partial charge < -0.3 is 10.6 Å². The molecule has 0 saturated heterocycles. The highest BCUT2D eigenvalue weighted by Gasteiger charge is 2.22. The summed E-state index contributed by atoms with van der Waals surface area (Å²) in [5, 5.41) is 9.99. The highest BCUT2D eigenvalue weighted by molar-refractivity contribution is 5.78. The normalized spacial score (nSPS) is 15.3. The Morgan fingerprint density at radius 1 is 1.67 bits per heavy atom. The lowest BCUT2D eigenvalue weighted by molar-refractivity contribution is -0.120. The third-order valence-electron chi connectivity index (χ3n) is 2.16. The zero-order valence-corrected chi connectivity index (χ0v) is 8.73. The maximum atomic E-state index is 11.3. The fourth-order valence-electron chi connectivity index (χ4n) is 1.26. The summed E-state index contributed by atoms with van der Waals surface area (Å²) in [6.45, 7) is 0.855. The number of carbonyl (C=O) groups is 1. The van der Waals surface area contributed by atoms with Crippen LogP contribution in [-0.2, 0) is 18.4 Å². The van der Waals surface area contributed by atoms with E-state index in [1.54, 1.807) is 11.0 Å². The van der Waals surface area contributed by atoms with Gasteiger partial charge in [0.15, 0.2) is 5.82 Å². The molecule has 1 fully saturated rings. The van der Waals surface area contributed by atoms with Crippen LogP contribution in [0.15, 0.2) is 6.33 Å². The van der Waals surface area contributed by atoms with Gasteiger partial charge in [0.05, 0.1) is 13.1 Å². The van der Waals surface area contributed by atoms with E-state index in [9.17, 15) is 4.79 Å². The van der Waals surface area contributed by atoms with Crippen molar-refractivity contribution in [1.29, 1.82) is 0 Å². The van der Waals surface area contributed by atoms with Crippen molar-refractivity contribution in [3.63, 3.8) is 0 Å². The lowest BCUT2D eigenvalue weighted by Crippen LogP contribution is -2.34. The number of carbonyl (C=O) groups excluding carboxylic acids is 1. The average Bonchev–Trinajstić information content (AvgIpc) is 2.89. The van der Waals surface area contributed by atoms with E-state index in [0.29, 0.717) is 25.0 Å². The van der Waals surface area contributed by atoms with E-state index in [4.69, 9.17) is 0 Å². The van der Waals surface area contributed by atoms with E-state index >= 15 is 0 Å². The second kappa shape index (κ2) is 4.39. The van der Waals surface area contributed by atoms with Gasteiger partial charge in [-0.05, 0) is 12.8 Å². The largest absolute Gasteiger partial charge is 0.352 e. The van der Waals surface area contributed by atoms with Crippen LogP contribution >= 0.6 is 0 Å². The summed E-state index contributed by atoms with van der Waals surface area (Å²) in [4.78, 5) is 15.3. The minimum atomic E-state index is 0.0495. The molecule has 1 aromatic heterocycles. The van der Waals surface area contributed by atoms with Crippen LogP contribution in [0.3, 0.4) is 0 Å². The Balaban J connectivity index is 1.63. The molecule has 0 atom stereocenters. The van der Waals surface area contributed by atoms with E-state index in [-0.39, 0.29) is 5.91 Å². The van der Waals surface area contributed by atoms with Gasteiger partial charge in [0, 0.05) is 13.1 Å². The molecule has 0 bridgehead atoms. The maximum Gasteiger partial charge on any atom is 0.234 e. The molecule has 0 radical (unpaired) electrons. The smallest absolute Gasteiger partial charge is 0.234 e. The van der Waals surface area contributed by atoms with E-state index in [1.807, 2.05) is 7.05 Å². The Morgan fingerprint density at radius 2 is 2.47 bits per heavy atom. The molecule has 0 unspecified atom stereocenters. The van der Waals surface area contributed by atoms with Crippen LogP contribution in [0.4, 0.5) is 0 Å². The van der Waals surface area contributed by atoms with Gasteiger partial charge in [0.2, 0.25) is 5.91 Å². The number of rotatable bonds is 5. The molecule has 1 aliphatic carbocycles. The Morgan fingerprint density at radius 3 is 3.07 bits per heavy atom. The molecule has 0 aliphatic heterocycles. The summed E-state index contributed by atoms with van der Waals surface area (Å²) in [5.74, 6) is 0.755. The lowest BCUT2D eigenvalue weighted by Gasteiger charge is -2.03. The standard InChI is InChI=1S/C9H15N5O/c1-14-6-11-8(13-14)4-10-5-9(15)12-7-2-3-7/h6-7,10H,2-5H2,1H3,(H,12,15). The van der Waals surface area contributed by atoms with Crippen molar-refractivity contribution in [2.24, 2.45) is 7.05 Å². The summed E-state index contributed by atoms with van der Waals surface area (Å²) in [5.41, 5.74) is 0. The Kier molecular flexibility index (Phi) is 2.96. The molecule has 0 spiro atoms. The Hall–Kier alpha value is -1.43. The SMILES string of the molecule is Cn1cnc(CNCC(=O)NC2CC2)n1. The third kappa shape index (κ3) is 3.32. The van der Waals surface area contributed by atoms with Crippen molar-refractivity contribution >= 4 is 5.91 Å². The maximum absolute atomic E-state index is 11.3. The summed E-state index contributed by atoms with van der Waals surface area (Å²) >= 11 is 0. The second-order valence-corrected chi connectivity index (χ2v) is 3.78. The highest BCUT2D eigenvalue weighted by atomic mass is 16.2. The first kappa shape index (κ1) is 10.1. The van der Waals surface area contributed by atoms with Crippen LogP contribution in [0.25, 0.3) is 0 Å². The molecular weight excluding hydrogens is 194 g/mol. The van der Waals surface area contributed by atoms with Crippen LogP contribution in [0, 0.1) is 0 Å². The summed E-state index contributed by atoms with van der Waals surface area (Å²) in [6, 6.07) is 0.423. The quantitative estimate of drug-likeness (QED) is 0.665. The highest BCUT2D eigenvalue weighted by Crippen LogP contribution is 2.18. The molecule has 1 heterocycles. The molecular formula is C9H15N5O. The predicted octanol–water partition coefficient (Wildman–Crippen LogP) is -0.817. The number of nitrogens with zero attached hydrogens (tertiary/aromatic N) is 3. The van der Waals surface area contributed by atoms with Crippen molar-refractivity contribution in [2.45, 2.75) is 25.4 Å². The minimum absolute atomic E-state index is 0.0495. The van der Waals surface area contributed by atoms with E-state index < -0.39 is 0 Å². The van der Waals surface area contributed by atoms with Crippen LogP contribution < -0.4 is 10.6 Å². The number of aryl methyl sites for hydroxylation is 1. The van der Waals surface area contributed by atoms with Crippen LogP contribution in [0.1, 0.15) is 18.7 Å². The van der Waals surface area contributed by atoms with Crippen molar-refractivity contribution in [1.82, 2.24) is 25.4 Å². The number of amides is 1.